The molecule has 1 aromatic heterocycles. The van der Waals surface area contributed by atoms with E-state index >= 15 is 0 Å². The fraction of sp³-hybridized carbons (Fsp3) is 0.389. The number of amides is 2. The van der Waals surface area contributed by atoms with Gasteiger partial charge in [-0.25, -0.2) is 4.79 Å². The van der Waals surface area contributed by atoms with Crippen molar-refractivity contribution in [2.75, 3.05) is 5.32 Å². The molecule has 2 aromatic rings. The number of fused-ring (bicyclic) bond motifs is 2. The molecule has 120 valence electrons. The van der Waals surface area contributed by atoms with Crippen molar-refractivity contribution in [2.24, 2.45) is 0 Å². The second-order valence-corrected chi connectivity index (χ2v) is 8.65. The van der Waals surface area contributed by atoms with Crippen LogP contribution in [0.4, 0.5) is 10.5 Å². The van der Waals surface area contributed by atoms with E-state index in [-0.39, 0.29) is 6.03 Å². The predicted molar refractivity (Wildman–Crippen MR) is 97.6 cm³/mol. The topological polar surface area (TPSA) is 41.1 Å². The van der Waals surface area contributed by atoms with E-state index in [1.54, 1.807) is 11.3 Å². The van der Waals surface area contributed by atoms with E-state index in [2.05, 4.69) is 29.1 Å². The lowest BCUT2D eigenvalue weighted by Gasteiger charge is -2.16. The highest BCUT2D eigenvalue weighted by Gasteiger charge is 2.24. The summed E-state index contributed by atoms with van der Waals surface area (Å²) >= 11 is 3.09. The molecule has 1 aromatic carbocycles. The molecule has 2 N–H and O–H groups in total. The zero-order chi connectivity index (χ0) is 15.8. The minimum absolute atomic E-state index is 0.115. The number of benzene rings is 1. The highest BCUT2D eigenvalue weighted by atomic mass is 32.2. The summed E-state index contributed by atoms with van der Waals surface area (Å²) in [6.45, 7) is 2.07. The van der Waals surface area contributed by atoms with Crippen molar-refractivity contribution in [1.82, 2.24) is 4.72 Å². The molecular formula is C18H20N2OS2. The minimum Gasteiger partial charge on any atom is -0.307 e. The Labute approximate surface area is 145 Å². The van der Waals surface area contributed by atoms with Gasteiger partial charge in [0.05, 0.1) is 4.21 Å². The van der Waals surface area contributed by atoms with Gasteiger partial charge >= 0.3 is 6.03 Å². The van der Waals surface area contributed by atoms with Crippen LogP contribution in [0.5, 0.6) is 0 Å². The van der Waals surface area contributed by atoms with Gasteiger partial charge in [0.2, 0.25) is 0 Å². The Balaban J connectivity index is 1.51. The lowest BCUT2D eigenvalue weighted by atomic mass is 9.99. The number of rotatable bonds is 3. The number of anilines is 1. The van der Waals surface area contributed by atoms with Gasteiger partial charge in [0, 0.05) is 10.6 Å². The van der Waals surface area contributed by atoms with Gasteiger partial charge in [0.25, 0.3) is 0 Å². The molecule has 0 spiro atoms. The zero-order valence-electron chi connectivity index (χ0n) is 13.2. The third-order valence-electron chi connectivity index (χ3n) is 4.67. The molecule has 0 atom stereocenters. The number of thiophene rings is 1. The second-order valence-electron chi connectivity index (χ2n) is 6.26. The standard InChI is InChI=1S/C18H20N2OS2/c1-11-8-9-16(22-11)23-20-18(21)19-17-14-6-2-4-12(14)10-13-5-3-7-15(13)17/h8-10H,2-7H2,1H3,(H2,19,20,21). The average molecular weight is 345 g/mol. The van der Waals surface area contributed by atoms with Crippen LogP contribution in [0.15, 0.2) is 22.4 Å². The summed E-state index contributed by atoms with van der Waals surface area (Å²) in [7, 11) is 0. The number of aryl methyl sites for hydroxylation is 3. The van der Waals surface area contributed by atoms with Gasteiger partial charge < -0.3 is 5.32 Å². The molecule has 2 amide bonds. The number of carbonyl (C=O) groups excluding carboxylic acids is 1. The summed E-state index contributed by atoms with van der Waals surface area (Å²) in [5.74, 6) is 0. The van der Waals surface area contributed by atoms with Gasteiger partial charge in [-0.15, -0.1) is 11.3 Å². The van der Waals surface area contributed by atoms with Crippen molar-refractivity contribution in [3.8, 4) is 0 Å². The van der Waals surface area contributed by atoms with Crippen LogP contribution in [0, 0.1) is 6.92 Å². The quantitative estimate of drug-likeness (QED) is 0.781. The number of carbonyl (C=O) groups is 1. The van der Waals surface area contributed by atoms with Gasteiger partial charge in [0.15, 0.2) is 0 Å². The molecule has 0 saturated heterocycles. The molecule has 2 aliphatic rings. The van der Waals surface area contributed by atoms with Crippen molar-refractivity contribution in [2.45, 2.75) is 49.7 Å². The molecule has 23 heavy (non-hydrogen) atoms. The SMILES string of the molecule is Cc1ccc(SNC(=O)Nc2c3c(cc4c2CCC4)CCC3)s1. The number of hydrogen-bond donors (Lipinski definition) is 2. The third kappa shape index (κ3) is 3.00. The lowest BCUT2D eigenvalue weighted by molar-refractivity contribution is 0.257. The van der Waals surface area contributed by atoms with Crippen molar-refractivity contribution in [3.05, 3.63) is 45.3 Å². The van der Waals surface area contributed by atoms with E-state index in [1.807, 2.05) is 6.07 Å². The number of urea groups is 1. The van der Waals surface area contributed by atoms with Crippen molar-refractivity contribution < 1.29 is 4.79 Å². The van der Waals surface area contributed by atoms with Gasteiger partial charge in [-0.3, -0.25) is 4.72 Å². The first kappa shape index (κ1) is 15.1. The Bertz CT molecular complexity index is 734. The Morgan fingerprint density at radius 2 is 1.78 bits per heavy atom. The fourth-order valence-electron chi connectivity index (χ4n) is 3.67. The highest BCUT2D eigenvalue weighted by Crippen LogP contribution is 2.38. The summed E-state index contributed by atoms with van der Waals surface area (Å²) in [6, 6.07) is 6.39. The average Bonchev–Trinajstić information content (AvgIpc) is 3.24. The summed E-state index contributed by atoms with van der Waals surface area (Å²) in [6.07, 6.45) is 6.91. The molecule has 0 bridgehead atoms. The monoisotopic (exact) mass is 344 g/mol. The second kappa shape index (κ2) is 6.21. The first-order valence-corrected chi connectivity index (χ1v) is 9.81. The van der Waals surface area contributed by atoms with E-state index in [0.717, 1.165) is 35.6 Å². The maximum absolute atomic E-state index is 12.4. The third-order valence-corrected chi connectivity index (χ3v) is 6.59. The van der Waals surface area contributed by atoms with Crippen molar-refractivity contribution >= 4 is 35.0 Å². The molecule has 0 unspecified atom stereocenters. The molecule has 0 aliphatic heterocycles. The van der Waals surface area contributed by atoms with Crippen LogP contribution >= 0.6 is 23.3 Å². The van der Waals surface area contributed by atoms with Crippen LogP contribution in [-0.4, -0.2) is 6.03 Å². The van der Waals surface area contributed by atoms with Crippen LogP contribution in [0.1, 0.15) is 40.0 Å². The van der Waals surface area contributed by atoms with E-state index in [1.165, 1.54) is 51.9 Å². The van der Waals surface area contributed by atoms with E-state index in [0.29, 0.717) is 0 Å². The zero-order valence-corrected chi connectivity index (χ0v) is 14.8. The summed E-state index contributed by atoms with van der Waals surface area (Å²) in [5, 5.41) is 3.15. The van der Waals surface area contributed by atoms with Gasteiger partial charge in [0.1, 0.15) is 0 Å². The highest BCUT2D eigenvalue weighted by molar-refractivity contribution is 7.99. The summed E-state index contributed by atoms with van der Waals surface area (Å²) in [5.41, 5.74) is 6.74. The fourth-order valence-corrected chi connectivity index (χ4v) is 5.33. The minimum atomic E-state index is -0.115. The van der Waals surface area contributed by atoms with E-state index in [4.69, 9.17) is 0 Å². The normalized spacial score (nSPS) is 15.3. The molecule has 2 aliphatic carbocycles. The van der Waals surface area contributed by atoms with E-state index in [9.17, 15) is 4.79 Å². The maximum Gasteiger partial charge on any atom is 0.329 e. The lowest BCUT2D eigenvalue weighted by Crippen LogP contribution is -2.24. The van der Waals surface area contributed by atoms with Gasteiger partial charge in [-0.2, -0.15) is 0 Å². The largest absolute Gasteiger partial charge is 0.329 e. The molecule has 1 heterocycles. The van der Waals surface area contributed by atoms with Crippen LogP contribution in [0.25, 0.3) is 0 Å². The summed E-state index contributed by atoms with van der Waals surface area (Å²) < 4.78 is 4.03. The number of hydrogen-bond acceptors (Lipinski definition) is 3. The van der Waals surface area contributed by atoms with Crippen molar-refractivity contribution in [3.63, 3.8) is 0 Å². The molecule has 0 radical (unpaired) electrons. The molecule has 4 rings (SSSR count). The van der Waals surface area contributed by atoms with Crippen LogP contribution < -0.4 is 10.0 Å². The van der Waals surface area contributed by atoms with E-state index < -0.39 is 0 Å². The molecule has 0 saturated carbocycles. The Morgan fingerprint density at radius 3 is 2.39 bits per heavy atom. The predicted octanol–water partition coefficient (Wildman–Crippen LogP) is 4.86. The maximum atomic E-state index is 12.4. The van der Waals surface area contributed by atoms with Crippen LogP contribution in [0.3, 0.4) is 0 Å². The van der Waals surface area contributed by atoms with Gasteiger partial charge in [-0.1, -0.05) is 6.07 Å². The van der Waals surface area contributed by atoms with Crippen LogP contribution in [0.2, 0.25) is 0 Å². The molecular weight excluding hydrogens is 324 g/mol. The Morgan fingerprint density at radius 1 is 1.09 bits per heavy atom. The molecule has 3 nitrogen and oxygen atoms in total. The summed E-state index contributed by atoms with van der Waals surface area (Å²) in [4.78, 5) is 13.6. The van der Waals surface area contributed by atoms with Gasteiger partial charge in [-0.05, 0) is 91.8 Å². The molecule has 5 heteroatoms. The number of nitrogens with one attached hydrogen (secondary N) is 2. The van der Waals surface area contributed by atoms with Crippen molar-refractivity contribution in [1.29, 1.82) is 0 Å². The Kier molecular flexibility index (Phi) is 4.07. The van der Waals surface area contributed by atoms with Crippen LogP contribution in [-0.2, 0) is 25.7 Å². The Hall–Kier alpha value is -1.46. The molecule has 0 fully saturated rings. The smallest absolute Gasteiger partial charge is 0.307 e. The first-order valence-electron chi connectivity index (χ1n) is 8.17. The first-order chi connectivity index (χ1) is 11.2.